The molecule has 0 radical (unpaired) electrons. The molecule has 2 N–H and O–H groups in total. The molecule has 60 heavy (non-hydrogen) atoms. The van der Waals surface area contributed by atoms with E-state index in [1.54, 1.807) is 45.6 Å². The molecule has 1 aromatic carbocycles. The summed E-state index contributed by atoms with van der Waals surface area (Å²) < 4.78 is 39.0. The summed E-state index contributed by atoms with van der Waals surface area (Å²) in [6, 6.07) is 8.56. The molecule has 0 aromatic heterocycles. The Bertz CT molecular complexity index is 1580. The third-order valence-electron chi connectivity index (χ3n) is 16.7. The van der Waals surface area contributed by atoms with Crippen LogP contribution in [0.3, 0.4) is 0 Å². The monoisotopic (exact) mass is 840 g/mol. The summed E-state index contributed by atoms with van der Waals surface area (Å²) in [5.74, 6) is -2.76. The number of aliphatic hydroxyl groups excluding tert-OH is 1. The zero-order valence-electron chi connectivity index (χ0n) is 37.6. The van der Waals surface area contributed by atoms with E-state index in [4.69, 9.17) is 28.4 Å². The summed E-state index contributed by atoms with van der Waals surface area (Å²) >= 11 is 0. The zero-order valence-corrected chi connectivity index (χ0v) is 37.6. The van der Waals surface area contributed by atoms with Gasteiger partial charge in [0, 0.05) is 76.0 Å². The fraction of sp³-hybridized carbons (Fsp3) is 0.837. The van der Waals surface area contributed by atoms with Crippen LogP contribution in [0.1, 0.15) is 140 Å². The van der Waals surface area contributed by atoms with Gasteiger partial charge in [-0.2, -0.15) is 0 Å². The molecule has 5 saturated carbocycles. The fourth-order valence-electron chi connectivity index (χ4n) is 14.8. The Morgan fingerprint density at radius 1 is 0.800 bits per heavy atom. The minimum atomic E-state index is -1.77. The molecule has 1 aromatic rings. The molecule has 1 aliphatic heterocycles. The van der Waals surface area contributed by atoms with Crippen LogP contribution in [0.15, 0.2) is 30.3 Å². The van der Waals surface area contributed by atoms with Gasteiger partial charge < -0.3 is 38.6 Å². The predicted octanol–water partition coefficient (Wildman–Crippen LogP) is 7.53. The molecule has 1 unspecified atom stereocenters. The van der Waals surface area contributed by atoms with Crippen molar-refractivity contribution in [2.45, 2.75) is 177 Å². The van der Waals surface area contributed by atoms with E-state index in [0.29, 0.717) is 18.6 Å². The van der Waals surface area contributed by atoms with Gasteiger partial charge >= 0.3 is 11.9 Å². The van der Waals surface area contributed by atoms with E-state index < -0.39 is 58.8 Å². The van der Waals surface area contributed by atoms with Crippen LogP contribution in [-0.4, -0.2) is 123 Å². The van der Waals surface area contributed by atoms with Gasteiger partial charge in [-0.15, -0.1) is 0 Å². The van der Waals surface area contributed by atoms with E-state index in [2.05, 4.69) is 18.7 Å². The fourth-order valence-corrected chi connectivity index (χ4v) is 14.8. The first-order valence-electron chi connectivity index (χ1n) is 23.8. The van der Waals surface area contributed by atoms with Crippen LogP contribution < -0.4 is 0 Å². The lowest BCUT2D eigenvalue weighted by molar-refractivity contribution is -0.318. The molecule has 338 valence electrons. The van der Waals surface area contributed by atoms with Crippen LogP contribution >= 0.6 is 0 Å². The highest BCUT2D eigenvalue weighted by atomic mass is 16.6. The van der Waals surface area contributed by atoms with E-state index in [0.717, 1.165) is 45.2 Å². The van der Waals surface area contributed by atoms with Gasteiger partial charge in [-0.3, -0.25) is 9.69 Å². The largest absolute Gasteiger partial charge is 0.455 e. The van der Waals surface area contributed by atoms with Gasteiger partial charge in [0.25, 0.3) is 0 Å². The van der Waals surface area contributed by atoms with Crippen LogP contribution in [0, 0.1) is 34.5 Å². The molecule has 1 saturated heterocycles. The predicted molar refractivity (Wildman–Crippen MR) is 228 cm³/mol. The van der Waals surface area contributed by atoms with E-state index in [1.165, 1.54) is 71.3 Å². The lowest BCUT2D eigenvalue weighted by Gasteiger charge is -2.69. The number of rotatable bonds is 24. The minimum Gasteiger partial charge on any atom is -0.455 e. The second-order valence-electron chi connectivity index (χ2n) is 19.6. The summed E-state index contributed by atoms with van der Waals surface area (Å²) in [6.07, 6.45) is 14.6. The van der Waals surface area contributed by atoms with Crippen molar-refractivity contribution in [1.82, 2.24) is 4.90 Å². The quantitative estimate of drug-likeness (QED) is 0.0791. The smallest absolute Gasteiger partial charge is 0.338 e. The summed E-state index contributed by atoms with van der Waals surface area (Å²) in [7, 11) is 6.73. The SMILES string of the molecule is CCCCCCCCCCCCCCCCC(=O)O[C@]12[C@H]3[C@@H](OC(=O)c4ccccc4)[C@](O)(C[C@H]3[C@@]34C5[C@@H]1[C@H](OC)[C@@H]3[C@@](COC)(CC[C@@H]4OC)CN5CC)[C@@H](OC)[C@@H]2O. The Morgan fingerprint density at radius 2 is 1.43 bits per heavy atom. The average Bonchev–Trinajstić information content (AvgIpc) is 3.63. The zero-order chi connectivity index (χ0) is 42.7. The van der Waals surface area contributed by atoms with Crippen molar-refractivity contribution in [2.75, 3.05) is 48.1 Å². The van der Waals surface area contributed by atoms with Crippen molar-refractivity contribution in [2.24, 2.45) is 34.5 Å². The van der Waals surface area contributed by atoms with E-state index in [9.17, 15) is 19.8 Å². The number of unbranched alkanes of at least 4 members (excludes halogenated alkanes) is 13. The number of carbonyl (C=O) groups is 2. The molecule has 6 aliphatic rings. The molecule has 14 atom stereocenters. The molecule has 1 heterocycles. The van der Waals surface area contributed by atoms with Gasteiger partial charge in [-0.1, -0.05) is 116 Å². The van der Waals surface area contributed by atoms with Crippen LogP contribution in [0.2, 0.25) is 0 Å². The number of likely N-dealkylation sites (tertiary alicyclic amines) is 1. The number of hydrogen-bond acceptors (Lipinski definition) is 11. The molecule has 6 fully saturated rings. The van der Waals surface area contributed by atoms with Crippen molar-refractivity contribution >= 4 is 11.9 Å². The number of aliphatic hydroxyl groups is 2. The Labute approximate surface area is 359 Å². The van der Waals surface area contributed by atoms with E-state index in [-0.39, 0.29) is 48.2 Å². The van der Waals surface area contributed by atoms with Gasteiger partial charge in [0.15, 0.2) is 5.60 Å². The number of benzene rings is 1. The van der Waals surface area contributed by atoms with Crippen molar-refractivity contribution in [1.29, 1.82) is 0 Å². The second-order valence-corrected chi connectivity index (χ2v) is 19.6. The van der Waals surface area contributed by atoms with E-state index in [1.807, 2.05) is 6.07 Å². The molecular weight excluding hydrogens is 763 g/mol. The standard InChI is InChI=1S/C49H77NO10/c1-7-9-10-11-12-13-14-15-16-17-18-19-20-24-27-36(51)60-49-37-34(30-47(54,44(58-6)42(49)52)43(37)59-45(53)33-25-22-21-23-26-33)48-35(56-4)28-29-46(32-55-3)31-50(8-2)41(48)38(49)39(57-5)40(46)48/h21-23,25-26,34-35,37-44,52,54H,7-20,24,27-32H2,1-6H3/t34-,35+,37-,38+,39+,40-,41?,42+,43-,44+,46+,47-,48+,49-/m1/s1. The molecule has 0 amide bonds. The number of carbonyl (C=O) groups excluding carboxylic acids is 2. The highest BCUT2D eigenvalue weighted by Gasteiger charge is 2.91. The van der Waals surface area contributed by atoms with Crippen LogP contribution in [0.4, 0.5) is 0 Å². The molecule has 11 nitrogen and oxygen atoms in total. The molecule has 1 spiro atoms. The van der Waals surface area contributed by atoms with Gasteiger partial charge in [-0.25, -0.2) is 4.79 Å². The van der Waals surface area contributed by atoms with Gasteiger partial charge in [0.05, 0.1) is 24.4 Å². The lowest BCUT2D eigenvalue weighted by atomic mass is 9.43. The lowest BCUT2D eigenvalue weighted by Crippen LogP contribution is -2.81. The van der Waals surface area contributed by atoms with Crippen LogP contribution in [0.25, 0.3) is 0 Å². The summed E-state index contributed by atoms with van der Waals surface area (Å²) in [6.45, 7) is 6.42. The minimum absolute atomic E-state index is 0.107. The molecule has 11 heteroatoms. The molecular formula is C49H77NO10. The van der Waals surface area contributed by atoms with Crippen molar-refractivity contribution in [3.8, 4) is 0 Å². The van der Waals surface area contributed by atoms with Crippen molar-refractivity contribution < 1.29 is 48.2 Å². The molecule has 7 bridgehead atoms. The first-order valence-corrected chi connectivity index (χ1v) is 23.8. The number of piperidine rings is 1. The van der Waals surface area contributed by atoms with Gasteiger partial charge in [0.2, 0.25) is 0 Å². The maximum absolute atomic E-state index is 14.6. The first-order chi connectivity index (χ1) is 29.1. The van der Waals surface area contributed by atoms with Crippen molar-refractivity contribution in [3.63, 3.8) is 0 Å². The van der Waals surface area contributed by atoms with Crippen LogP contribution in [-0.2, 0) is 33.2 Å². The number of fused-ring (bicyclic) bond motifs is 2. The third-order valence-corrected chi connectivity index (χ3v) is 16.7. The van der Waals surface area contributed by atoms with E-state index >= 15 is 0 Å². The third kappa shape index (κ3) is 7.39. The van der Waals surface area contributed by atoms with Crippen molar-refractivity contribution in [3.05, 3.63) is 35.9 Å². The molecule has 5 aliphatic carbocycles. The molecule has 7 rings (SSSR count). The summed E-state index contributed by atoms with van der Waals surface area (Å²) in [5.41, 5.74) is -3.96. The van der Waals surface area contributed by atoms with Gasteiger partial charge in [0.1, 0.15) is 23.9 Å². The van der Waals surface area contributed by atoms with Crippen LogP contribution in [0.5, 0.6) is 0 Å². The average molecular weight is 840 g/mol. The maximum atomic E-state index is 14.6. The van der Waals surface area contributed by atoms with Gasteiger partial charge in [-0.05, 0) is 50.3 Å². The second kappa shape index (κ2) is 19.3. The normalized spacial score (nSPS) is 39.8. The summed E-state index contributed by atoms with van der Waals surface area (Å²) in [5, 5.41) is 26.1. The number of methoxy groups -OCH3 is 4. The first kappa shape index (κ1) is 45.9. The number of hydrogen-bond donors (Lipinski definition) is 2. The number of ether oxygens (including phenoxy) is 6. The Morgan fingerprint density at radius 3 is 2.00 bits per heavy atom. The maximum Gasteiger partial charge on any atom is 0.338 e. The number of nitrogens with zero attached hydrogens (tertiary/aromatic N) is 1. The Hall–Kier alpha value is -2.12. The number of esters is 2. The highest BCUT2D eigenvalue weighted by Crippen LogP contribution is 2.80. The topological polar surface area (TPSA) is 133 Å². The Balaban J connectivity index is 1.19. The highest BCUT2D eigenvalue weighted by molar-refractivity contribution is 5.89. The summed E-state index contributed by atoms with van der Waals surface area (Å²) in [4.78, 5) is 31.2. The Kier molecular flexibility index (Phi) is 14.8.